The Morgan fingerprint density at radius 3 is 2.42 bits per heavy atom. The molecule has 0 saturated carbocycles. The SMILES string of the molecule is COc1ccc(CCC(=O)Oc2ccc(C#N)cc2OC)cc1F. The highest BCUT2D eigenvalue weighted by atomic mass is 19.1. The van der Waals surface area contributed by atoms with Crippen LogP contribution in [0.3, 0.4) is 0 Å². The van der Waals surface area contributed by atoms with Crippen molar-refractivity contribution >= 4 is 5.97 Å². The van der Waals surface area contributed by atoms with Crippen LogP contribution in [0.15, 0.2) is 36.4 Å². The monoisotopic (exact) mass is 329 g/mol. The molecule has 0 saturated heterocycles. The molecule has 0 spiro atoms. The Labute approximate surface area is 139 Å². The minimum Gasteiger partial charge on any atom is -0.494 e. The molecule has 0 amide bonds. The Hall–Kier alpha value is -3.07. The number of rotatable bonds is 6. The van der Waals surface area contributed by atoms with Gasteiger partial charge in [0.15, 0.2) is 23.1 Å². The van der Waals surface area contributed by atoms with Crippen LogP contribution in [0.4, 0.5) is 4.39 Å². The van der Waals surface area contributed by atoms with Gasteiger partial charge in [0.25, 0.3) is 0 Å². The summed E-state index contributed by atoms with van der Waals surface area (Å²) in [5.41, 5.74) is 1.07. The maximum atomic E-state index is 13.6. The lowest BCUT2D eigenvalue weighted by Gasteiger charge is -2.09. The van der Waals surface area contributed by atoms with Gasteiger partial charge in [-0.3, -0.25) is 4.79 Å². The molecule has 0 radical (unpaired) electrons. The van der Waals surface area contributed by atoms with Crippen molar-refractivity contribution in [3.8, 4) is 23.3 Å². The first-order valence-electron chi connectivity index (χ1n) is 7.18. The van der Waals surface area contributed by atoms with E-state index in [-0.39, 0.29) is 17.9 Å². The fraction of sp³-hybridized carbons (Fsp3) is 0.222. The summed E-state index contributed by atoms with van der Waals surface area (Å²) in [5, 5.41) is 8.85. The van der Waals surface area contributed by atoms with E-state index >= 15 is 0 Å². The second-order valence-corrected chi connectivity index (χ2v) is 4.92. The van der Waals surface area contributed by atoms with Crippen molar-refractivity contribution in [1.29, 1.82) is 5.26 Å². The van der Waals surface area contributed by atoms with Gasteiger partial charge in [-0.15, -0.1) is 0 Å². The standard InChI is InChI=1S/C18H16FNO4/c1-22-15-6-3-12(9-14(15)19)5-8-18(21)24-16-7-4-13(11-20)10-17(16)23-2/h3-4,6-7,9-10H,5,8H2,1-2H3. The third-order valence-corrected chi connectivity index (χ3v) is 3.35. The summed E-state index contributed by atoms with van der Waals surface area (Å²) in [5.74, 6) is -0.254. The van der Waals surface area contributed by atoms with Gasteiger partial charge in [0, 0.05) is 12.5 Å². The zero-order chi connectivity index (χ0) is 17.5. The minimum absolute atomic E-state index is 0.0783. The van der Waals surface area contributed by atoms with E-state index in [4.69, 9.17) is 19.5 Å². The molecule has 0 atom stereocenters. The Bertz CT molecular complexity index is 783. The maximum absolute atomic E-state index is 13.6. The first kappa shape index (κ1) is 17.3. The van der Waals surface area contributed by atoms with Crippen molar-refractivity contribution in [3.05, 3.63) is 53.3 Å². The number of benzene rings is 2. The molecule has 0 fully saturated rings. The zero-order valence-electron chi connectivity index (χ0n) is 13.3. The van der Waals surface area contributed by atoms with Crippen molar-refractivity contribution in [1.82, 2.24) is 0 Å². The molecule has 2 aromatic rings. The fourth-order valence-corrected chi connectivity index (χ4v) is 2.11. The van der Waals surface area contributed by atoms with Gasteiger partial charge in [0.05, 0.1) is 25.9 Å². The normalized spacial score (nSPS) is 9.92. The van der Waals surface area contributed by atoms with Crippen LogP contribution in [0.2, 0.25) is 0 Å². The van der Waals surface area contributed by atoms with Gasteiger partial charge in [0.1, 0.15) is 0 Å². The molecule has 0 unspecified atom stereocenters. The van der Waals surface area contributed by atoms with Crippen LogP contribution in [0.1, 0.15) is 17.5 Å². The number of aryl methyl sites for hydroxylation is 1. The first-order chi connectivity index (χ1) is 11.6. The molecule has 2 rings (SSSR count). The Kier molecular flexibility index (Phi) is 5.74. The van der Waals surface area contributed by atoms with Gasteiger partial charge in [-0.25, -0.2) is 4.39 Å². The summed E-state index contributed by atoms with van der Waals surface area (Å²) < 4.78 is 28.8. The Morgan fingerprint density at radius 1 is 1.08 bits per heavy atom. The molecule has 0 aromatic heterocycles. The molecule has 0 aliphatic rings. The van der Waals surface area contributed by atoms with Crippen molar-refractivity contribution in [2.75, 3.05) is 14.2 Å². The fourth-order valence-electron chi connectivity index (χ4n) is 2.11. The van der Waals surface area contributed by atoms with Crippen LogP contribution < -0.4 is 14.2 Å². The average Bonchev–Trinajstić information content (AvgIpc) is 2.60. The van der Waals surface area contributed by atoms with E-state index in [9.17, 15) is 9.18 Å². The molecule has 0 aliphatic carbocycles. The van der Waals surface area contributed by atoms with Crippen LogP contribution in [-0.4, -0.2) is 20.2 Å². The van der Waals surface area contributed by atoms with Gasteiger partial charge in [-0.2, -0.15) is 5.26 Å². The van der Waals surface area contributed by atoms with Crippen LogP contribution >= 0.6 is 0 Å². The van der Waals surface area contributed by atoms with Crippen molar-refractivity contribution in [2.45, 2.75) is 12.8 Å². The van der Waals surface area contributed by atoms with Crippen LogP contribution in [-0.2, 0) is 11.2 Å². The molecule has 0 heterocycles. The highest BCUT2D eigenvalue weighted by molar-refractivity contribution is 5.73. The quantitative estimate of drug-likeness (QED) is 0.601. The van der Waals surface area contributed by atoms with E-state index in [1.165, 1.54) is 44.6 Å². The van der Waals surface area contributed by atoms with E-state index < -0.39 is 11.8 Å². The zero-order valence-corrected chi connectivity index (χ0v) is 13.3. The molecule has 0 aliphatic heterocycles. The Morgan fingerprint density at radius 2 is 1.79 bits per heavy atom. The van der Waals surface area contributed by atoms with Crippen molar-refractivity contribution in [2.24, 2.45) is 0 Å². The highest BCUT2D eigenvalue weighted by Crippen LogP contribution is 2.28. The van der Waals surface area contributed by atoms with Gasteiger partial charge < -0.3 is 14.2 Å². The molecule has 0 bridgehead atoms. The van der Waals surface area contributed by atoms with E-state index in [0.29, 0.717) is 23.3 Å². The number of esters is 1. The number of carbonyl (C=O) groups is 1. The van der Waals surface area contributed by atoms with Gasteiger partial charge in [0.2, 0.25) is 0 Å². The molecule has 6 heteroatoms. The molecule has 0 N–H and O–H groups in total. The summed E-state index contributed by atoms with van der Waals surface area (Å²) in [7, 11) is 2.81. The van der Waals surface area contributed by atoms with Gasteiger partial charge in [-0.1, -0.05) is 6.07 Å². The number of hydrogen-bond acceptors (Lipinski definition) is 5. The summed E-state index contributed by atoms with van der Waals surface area (Å²) in [6.07, 6.45) is 0.410. The number of ether oxygens (including phenoxy) is 3. The largest absolute Gasteiger partial charge is 0.494 e. The van der Waals surface area contributed by atoms with E-state index in [1.807, 2.05) is 6.07 Å². The molecule has 24 heavy (non-hydrogen) atoms. The summed E-state index contributed by atoms with van der Waals surface area (Å²) in [6.45, 7) is 0. The number of nitriles is 1. The molecule has 2 aromatic carbocycles. The number of hydrogen-bond donors (Lipinski definition) is 0. The van der Waals surface area contributed by atoms with E-state index in [2.05, 4.69) is 0 Å². The smallest absolute Gasteiger partial charge is 0.311 e. The summed E-state index contributed by atoms with van der Waals surface area (Å²) in [6, 6.07) is 11.0. The highest BCUT2D eigenvalue weighted by Gasteiger charge is 2.12. The van der Waals surface area contributed by atoms with Crippen molar-refractivity contribution < 1.29 is 23.4 Å². The topological polar surface area (TPSA) is 68.5 Å². The van der Waals surface area contributed by atoms with E-state index in [1.54, 1.807) is 6.07 Å². The predicted octanol–water partition coefficient (Wildman–Crippen LogP) is 3.25. The third-order valence-electron chi connectivity index (χ3n) is 3.35. The second-order valence-electron chi connectivity index (χ2n) is 4.92. The van der Waals surface area contributed by atoms with Crippen molar-refractivity contribution in [3.63, 3.8) is 0 Å². The number of methoxy groups -OCH3 is 2. The molecule has 5 nitrogen and oxygen atoms in total. The number of carbonyl (C=O) groups excluding carboxylic acids is 1. The molecule has 124 valence electrons. The van der Waals surface area contributed by atoms with Gasteiger partial charge >= 0.3 is 5.97 Å². The molecular weight excluding hydrogens is 313 g/mol. The van der Waals surface area contributed by atoms with E-state index in [0.717, 1.165) is 0 Å². The number of halogens is 1. The number of nitrogens with zero attached hydrogens (tertiary/aromatic N) is 1. The summed E-state index contributed by atoms with van der Waals surface area (Å²) in [4.78, 5) is 12.0. The Balaban J connectivity index is 1.99. The lowest BCUT2D eigenvalue weighted by molar-refractivity contribution is -0.134. The predicted molar refractivity (Wildman–Crippen MR) is 84.6 cm³/mol. The second kappa shape index (κ2) is 7.97. The summed E-state index contributed by atoms with van der Waals surface area (Å²) >= 11 is 0. The first-order valence-corrected chi connectivity index (χ1v) is 7.18. The van der Waals surface area contributed by atoms with Crippen LogP contribution in [0, 0.1) is 17.1 Å². The minimum atomic E-state index is -0.478. The average molecular weight is 329 g/mol. The molecular formula is C18H16FNO4. The van der Waals surface area contributed by atoms with Gasteiger partial charge in [-0.05, 0) is 36.2 Å². The maximum Gasteiger partial charge on any atom is 0.311 e. The third kappa shape index (κ3) is 4.23. The lowest BCUT2D eigenvalue weighted by Crippen LogP contribution is -2.10. The van der Waals surface area contributed by atoms with Crippen LogP contribution in [0.5, 0.6) is 17.2 Å². The lowest BCUT2D eigenvalue weighted by atomic mass is 10.1. The van der Waals surface area contributed by atoms with Crippen LogP contribution in [0.25, 0.3) is 0 Å².